The molecule has 0 radical (unpaired) electrons. The smallest absolute Gasteiger partial charge is 0.433 e. The number of carbonyl (C=O) groups is 2. The van der Waals surface area contributed by atoms with Crippen LogP contribution in [0.2, 0.25) is 0 Å². The van der Waals surface area contributed by atoms with Crippen LogP contribution in [0.5, 0.6) is 11.5 Å². The van der Waals surface area contributed by atoms with Crippen LogP contribution < -0.4 is 14.8 Å². The van der Waals surface area contributed by atoms with Crippen molar-refractivity contribution in [2.24, 2.45) is 0 Å². The van der Waals surface area contributed by atoms with E-state index < -0.39 is 28.8 Å². The quantitative estimate of drug-likeness (QED) is 0.467. The Morgan fingerprint density at radius 2 is 2.04 bits per heavy atom. The van der Waals surface area contributed by atoms with Gasteiger partial charge in [-0.25, -0.2) is 4.79 Å². The standard InChI is InChI=1S/C16H14N2O8/c1-9(25-16(20)12-4-5-14(26-12)18(21)22)15(19)17-7-10-2-3-11-13(6-10)24-8-23-11/h2-6,9H,7-8H2,1H3,(H,17,19). The molecule has 1 aliphatic heterocycles. The Balaban J connectivity index is 1.52. The molecule has 26 heavy (non-hydrogen) atoms. The summed E-state index contributed by atoms with van der Waals surface area (Å²) in [5, 5.41) is 13.2. The van der Waals surface area contributed by atoms with E-state index in [0.29, 0.717) is 11.5 Å². The van der Waals surface area contributed by atoms with E-state index in [4.69, 9.17) is 18.6 Å². The Hall–Kier alpha value is -3.56. The third-order valence-electron chi connectivity index (χ3n) is 3.53. The number of furan rings is 1. The largest absolute Gasteiger partial charge is 0.454 e. The molecule has 0 spiro atoms. The number of esters is 1. The lowest BCUT2D eigenvalue weighted by molar-refractivity contribution is -0.402. The van der Waals surface area contributed by atoms with Crippen molar-refractivity contribution in [2.45, 2.75) is 19.6 Å². The van der Waals surface area contributed by atoms with Crippen LogP contribution in [0.1, 0.15) is 23.0 Å². The zero-order chi connectivity index (χ0) is 18.7. The van der Waals surface area contributed by atoms with Crippen molar-refractivity contribution < 1.29 is 33.1 Å². The molecule has 0 fully saturated rings. The van der Waals surface area contributed by atoms with E-state index in [2.05, 4.69) is 5.32 Å². The Bertz CT molecular complexity index is 860. The van der Waals surface area contributed by atoms with Gasteiger partial charge in [-0.15, -0.1) is 0 Å². The summed E-state index contributed by atoms with van der Waals surface area (Å²) in [6.07, 6.45) is -1.11. The molecule has 0 saturated carbocycles. The molecule has 1 unspecified atom stereocenters. The summed E-state index contributed by atoms with van der Waals surface area (Å²) >= 11 is 0. The van der Waals surface area contributed by atoms with Gasteiger partial charge in [0.25, 0.3) is 5.91 Å². The number of nitrogens with one attached hydrogen (secondary N) is 1. The Morgan fingerprint density at radius 1 is 1.27 bits per heavy atom. The topological polar surface area (TPSA) is 130 Å². The first-order valence-electron chi connectivity index (χ1n) is 7.55. The second-order valence-electron chi connectivity index (χ2n) is 5.35. The zero-order valence-corrected chi connectivity index (χ0v) is 13.6. The fraction of sp³-hybridized carbons (Fsp3) is 0.250. The van der Waals surface area contributed by atoms with Crippen LogP contribution in [-0.2, 0) is 16.1 Å². The number of hydrogen-bond donors (Lipinski definition) is 1. The molecule has 2 aromatic rings. The predicted octanol–water partition coefficient (Wildman–Crippen LogP) is 1.78. The molecular formula is C16H14N2O8. The lowest BCUT2D eigenvalue weighted by Crippen LogP contribution is -2.35. The summed E-state index contributed by atoms with van der Waals surface area (Å²) in [6.45, 7) is 1.73. The molecule has 10 heteroatoms. The van der Waals surface area contributed by atoms with Crippen molar-refractivity contribution in [2.75, 3.05) is 6.79 Å². The number of ether oxygens (including phenoxy) is 3. The highest BCUT2D eigenvalue weighted by atomic mass is 16.7. The van der Waals surface area contributed by atoms with Crippen LogP contribution in [0.15, 0.2) is 34.7 Å². The molecule has 1 N–H and O–H groups in total. The maximum Gasteiger partial charge on any atom is 0.433 e. The van der Waals surface area contributed by atoms with Crippen molar-refractivity contribution in [3.8, 4) is 11.5 Å². The molecule has 1 aliphatic rings. The number of carbonyl (C=O) groups excluding carboxylic acids is 2. The van der Waals surface area contributed by atoms with Gasteiger partial charge in [-0.1, -0.05) is 6.07 Å². The normalized spacial score (nSPS) is 13.1. The van der Waals surface area contributed by atoms with Gasteiger partial charge in [-0.2, -0.15) is 0 Å². The second kappa shape index (κ2) is 7.13. The van der Waals surface area contributed by atoms with Crippen molar-refractivity contribution >= 4 is 17.8 Å². The van der Waals surface area contributed by atoms with Crippen molar-refractivity contribution in [1.82, 2.24) is 5.32 Å². The molecular weight excluding hydrogens is 348 g/mol. The number of hydrogen-bond acceptors (Lipinski definition) is 8. The molecule has 3 rings (SSSR count). The molecule has 0 bridgehead atoms. The third kappa shape index (κ3) is 3.74. The monoisotopic (exact) mass is 362 g/mol. The average Bonchev–Trinajstić information content (AvgIpc) is 3.28. The maximum absolute atomic E-state index is 12.0. The first kappa shape index (κ1) is 17.3. The molecule has 1 amide bonds. The Kier molecular flexibility index (Phi) is 4.74. The molecule has 0 aliphatic carbocycles. The number of fused-ring (bicyclic) bond motifs is 1. The lowest BCUT2D eigenvalue weighted by atomic mass is 10.2. The van der Waals surface area contributed by atoms with Crippen LogP contribution in [-0.4, -0.2) is 29.7 Å². The van der Waals surface area contributed by atoms with Crippen LogP contribution in [0.4, 0.5) is 5.88 Å². The van der Waals surface area contributed by atoms with Gasteiger partial charge in [0.05, 0.1) is 6.07 Å². The summed E-state index contributed by atoms with van der Waals surface area (Å²) in [5.74, 6) is -1.21. The van der Waals surface area contributed by atoms with Crippen LogP contribution >= 0.6 is 0 Å². The van der Waals surface area contributed by atoms with E-state index in [1.807, 2.05) is 0 Å². The molecule has 1 aromatic carbocycles. The number of amides is 1. The van der Waals surface area contributed by atoms with E-state index in [1.165, 1.54) is 6.92 Å². The highest BCUT2D eigenvalue weighted by molar-refractivity contribution is 5.90. The zero-order valence-electron chi connectivity index (χ0n) is 13.6. The number of nitro groups is 1. The van der Waals surface area contributed by atoms with E-state index in [9.17, 15) is 19.7 Å². The summed E-state index contributed by atoms with van der Waals surface area (Å²) in [6, 6.07) is 7.38. The summed E-state index contributed by atoms with van der Waals surface area (Å²) in [5.41, 5.74) is 0.780. The average molecular weight is 362 g/mol. The molecule has 0 saturated heterocycles. The number of rotatable bonds is 6. The van der Waals surface area contributed by atoms with Gasteiger partial charge in [-0.3, -0.25) is 14.9 Å². The minimum atomic E-state index is -1.11. The lowest BCUT2D eigenvalue weighted by Gasteiger charge is -2.12. The van der Waals surface area contributed by atoms with Gasteiger partial charge in [0.1, 0.15) is 4.92 Å². The number of benzene rings is 1. The van der Waals surface area contributed by atoms with Crippen LogP contribution in [0.25, 0.3) is 0 Å². The summed E-state index contributed by atoms with van der Waals surface area (Å²) in [7, 11) is 0. The van der Waals surface area contributed by atoms with Gasteiger partial charge in [-0.05, 0) is 30.7 Å². The van der Waals surface area contributed by atoms with E-state index >= 15 is 0 Å². The third-order valence-corrected chi connectivity index (χ3v) is 3.53. The van der Waals surface area contributed by atoms with Gasteiger partial charge < -0.3 is 23.9 Å². The van der Waals surface area contributed by atoms with Gasteiger partial charge in [0.15, 0.2) is 17.6 Å². The highest BCUT2D eigenvalue weighted by Gasteiger charge is 2.23. The summed E-state index contributed by atoms with van der Waals surface area (Å²) < 4.78 is 20.1. The van der Waals surface area contributed by atoms with Crippen LogP contribution in [0.3, 0.4) is 0 Å². The molecule has 136 valence electrons. The fourth-order valence-electron chi connectivity index (χ4n) is 2.19. The van der Waals surface area contributed by atoms with Crippen molar-refractivity contribution in [1.29, 1.82) is 0 Å². The molecule has 10 nitrogen and oxygen atoms in total. The first-order chi connectivity index (χ1) is 12.4. The second-order valence-corrected chi connectivity index (χ2v) is 5.35. The number of nitrogens with zero attached hydrogens (tertiary/aromatic N) is 1. The fourth-order valence-corrected chi connectivity index (χ4v) is 2.19. The maximum atomic E-state index is 12.0. The predicted molar refractivity (Wildman–Crippen MR) is 84.7 cm³/mol. The first-order valence-corrected chi connectivity index (χ1v) is 7.55. The van der Waals surface area contributed by atoms with Crippen LogP contribution in [0, 0.1) is 10.1 Å². The van der Waals surface area contributed by atoms with Crippen molar-refractivity contribution in [3.05, 3.63) is 51.8 Å². The highest BCUT2D eigenvalue weighted by Crippen LogP contribution is 2.32. The molecule has 2 heterocycles. The summed E-state index contributed by atoms with van der Waals surface area (Å²) in [4.78, 5) is 33.7. The minimum Gasteiger partial charge on any atom is -0.454 e. The van der Waals surface area contributed by atoms with E-state index in [-0.39, 0.29) is 19.1 Å². The SMILES string of the molecule is CC(OC(=O)c1ccc([N+](=O)[O-])o1)C(=O)NCc1ccc2c(c1)OCO2. The van der Waals surface area contributed by atoms with Gasteiger partial charge >= 0.3 is 11.9 Å². The van der Waals surface area contributed by atoms with Gasteiger partial charge in [0, 0.05) is 6.54 Å². The van der Waals surface area contributed by atoms with Crippen molar-refractivity contribution in [3.63, 3.8) is 0 Å². The minimum absolute atomic E-state index is 0.156. The van der Waals surface area contributed by atoms with E-state index in [0.717, 1.165) is 17.7 Å². The Labute approximate surface area is 146 Å². The van der Waals surface area contributed by atoms with E-state index in [1.54, 1.807) is 18.2 Å². The van der Waals surface area contributed by atoms with Gasteiger partial charge in [0.2, 0.25) is 12.6 Å². The molecule has 1 atom stereocenters. The molecule has 1 aromatic heterocycles. The Morgan fingerprint density at radius 3 is 2.77 bits per heavy atom.